The van der Waals surface area contributed by atoms with Crippen LogP contribution in [-0.4, -0.2) is 91.7 Å². The van der Waals surface area contributed by atoms with Gasteiger partial charge in [0.25, 0.3) is 0 Å². The molecule has 21 heavy (non-hydrogen) atoms. The van der Waals surface area contributed by atoms with Crippen molar-refractivity contribution in [2.75, 3.05) is 59.0 Å². The molecule has 0 unspecified atom stereocenters. The van der Waals surface area contributed by atoms with E-state index in [0.29, 0.717) is 38.9 Å². The molecule has 118 valence electrons. The third-order valence-corrected chi connectivity index (χ3v) is 4.57. The van der Waals surface area contributed by atoms with E-state index in [9.17, 15) is 9.59 Å². The first-order valence-corrected chi connectivity index (χ1v) is 7.87. The summed E-state index contributed by atoms with van der Waals surface area (Å²) < 4.78 is 5.25. The molecule has 1 N–H and O–H groups in total. The van der Waals surface area contributed by atoms with E-state index in [0.717, 1.165) is 32.5 Å². The van der Waals surface area contributed by atoms with Crippen molar-refractivity contribution in [3.63, 3.8) is 0 Å². The van der Waals surface area contributed by atoms with Gasteiger partial charge in [-0.3, -0.25) is 4.79 Å². The molecule has 3 saturated heterocycles. The van der Waals surface area contributed by atoms with Crippen LogP contribution in [0.4, 0.5) is 4.79 Å². The molecule has 0 aromatic rings. The molecule has 0 atom stereocenters. The van der Waals surface area contributed by atoms with Crippen molar-refractivity contribution in [3.8, 4) is 0 Å². The number of nitrogens with one attached hydrogen (secondary N) is 1. The Hall–Kier alpha value is -1.34. The zero-order valence-corrected chi connectivity index (χ0v) is 12.4. The van der Waals surface area contributed by atoms with E-state index < -0.39 is 0 Å². The number of hydrogen-bond donors (Lipinski definition) is 1. The Kier molecular flexibility index (Phi) is 4.60. The SMILES string of the molecule is O=C(CN1CCN(C2CCNCC2)C1=O)N1CCOCC1. The first kappa shape index (κ1) is 14.6. The van der Waals surface area contributed by atoms with Crippen molar-refractivity contribution >= 4 is 11.9 Å². The van der Waals surface area contributed by atoms with Crippen molar-refractivity contribution in [2.45, 2.75) is 18.9 Å². The number of carbonyl (C=O) groups excluding carboxylic acids is 2. The summed E-state index contributed by atoms with van der Waals surface area (Å²) in [6, 6.07) is 0.366. The molecule has 3 rings (SSSR count). The van der Waals surface area contributed by atoms with Crippen LogP contribution >= 0.6 is 0 Å². The molecule has 3 heterocycles. The summed E-state index contributed by atoms with van der Waals surface area (Å²) in [4.78, 5) is 30.1. The first-order valence-electron chi connectivity index (χ1n) is 7.87. The molecule has 0 aromatic carbocycles. The van der Waals surface area contributed by atoms with Gasteiger partial charge in [-0.15, -0.1) is 0 Å². The monoisotopic (exact) mass is 296 g/mol. The van der Waals surface area contributed by atoms with Crippen molar-refractivity contribution < 1.29 is 14.3 Å². The van der Waals surface area contributed by atoms with Crippen LogP contribution in [0.25, 0.3) is 0 Å². The lowest BCUT2D eigenvalue weighted by Gasteiger charge is -2.32. The molecule has 7 nitrogen and oxygen atoms in total. The van der Waals surface area contributed by atoms with E-state index in [2.05, 4.69) is 5.32 Å². The van der Waals surface area contributed by atoms with E-state index in [-0.39, 0.29) is 18.5 Å². The molecule has 0 radical (unpaired) electrons. The Morgan fingerprint density at radius 2 is 1.86 bits per heavy atom. The zero-order valence-electron chi connectivity index (χ0n) is 12.4. The lowest BCUT2D eigenvalue weighted by atomic mass is 10.1. The number of urea groups is 1. The van der Waals surface area contributed by atoms with Crippen molar-refractivity contribution in [1.29, 1.82) is 0 Å². The number of carbonyl (C=O) groups is 2. The van der Waals surface area contributed by atoms with Gasteiger partial charge in [-0.25, -0.2) is 4.79 Å². The number of piperidine rings is 1. The fourth-order valence-corrected chi connectivity index (χ4v) is 3.28. The summed E-state index contributed by atoms with van der Waals surface area (Å²) in [5.74, 6) is 0.0406. The highest BCUT2D eigenvalue weighted by Gasteiger charge is 2.35. The third kappa shape index (κ3) is 3.29. The van der Waals surface area contributed by atoms with Gasteiger partial charge in [0.2, 0.25) is 5.91 Å². The van der Waals surface area contributed by atoms with Gasteiger partial charge in [-0.1, -0.05) is 0 Å². The van der Waals surface area contributed by atoms with Gasteiger partial charge in [0, 0.05) is 32.2 Å². The maximum atomic E-state index is 12.5. The second-order valence-corrected chi connectivity index (χ2v) is 5.87. The maximum Gasteiger partial charge on any atom is 0.320 e. The Labute approximate surface area is 125 Å². The van der Waals surface area contributed by atoms with Gasteiger partial charge in [-0.05, 0) is 25.9 Å². The van der Waals surface area contributed by atoms with E-state index >= 15 is 0 Å². The third-order valence-electron chi connectivity index (χ3n) is 4.57. The number of rotatable bonds is 3. The molecular weight excluding hydrogens is 272 g/mol. The summed E-state index contributed by atoms with van der Waals surface area (Å²) in [6.07, 6.45) is 2.02. The molecule has 0 saturated carbocycles. The average molecular weight is 296 g/mol. The van der Waals surface area contributed by atoms with Gasteiger partial charge in [-0.2, -0.15) is 0 Å². The van der Waals surface area contributed by atoms with Crippen LogP contribution in [0.15, 0.2) is 0 Å². The fraction of sp³-hybridized carbons (Fsp3) is 0.857. The fourth-order valence-electron chi connectivity index (χ4n) is 3.28. The Morgan fingerprint density at radius 1 is 1.14 bits per heavy atom. The molecule has 0 aliphatic carbocycles. The quantitative estimate of drug-likeness (QED) is 0.750. The second-order valence-electron chi connectivity index (χ2n) is 5.87. The van der Waals surface area contributed by atoms with Crippen molar-refractivity contribution in [2.24, 2.45) is 0 Å². The summed E-state index contributed by atoms with van der Waals surface area (Å²) in [5.41, 5.74) is 0. The zero-order chi connectivity index (χ0) is 14.7. The summed E-state index contributed by atoms with van der Waals surface area (Å²) in [6.45, 7) is 6.04. The summed E-state index contributed by atoms with van der Waals surface area (Å²) in [5, 5.41) is 3.32. The largest absolute Gasteiger partial charge is 0.378 e. The number of morpholine rings is 1. The van der Waals surface area contributed by atoms with E-state index in [1.165, 1.54) is 0 Å². The topological polar surface area (TPSA) is 65.1 Å². The summed E-state index contributed by atoms with van der Waals surface area (Å²) >= 11 is 0. The highest BCUT2D eigenvalue weighted by Crippen LogP contribution is 2.18. The Bertz CT molecular complexity index is 392. The maximum absolute atomic E-state index is 12.5. The van der Waals surface area contributed by atoms with Crippen LogP contribution < -0.4 is 5.32 Å². The standard InChI is InChI=1S/C14H24N4O3/c19-13(16-7-9-21-10-8-16)11-17-5-6-18(14(17)20)12-1-3-15-4-2-12/h12,15H,1-11H2. The van der Waals surface area contributed by atoms with Crippen LogP contribution in [0.3, 0.4) is 0 Å². The van der Waals surface area contributed by atoms with Gasteiger partial charge in [0.05, 0.1) is 13.2 Å². The average Bonchev–Trinajstić information content (AvgIpc) is 2.90. The Morgan fingerprint density at radius 3 is 2.57 bits per heavy atom. The molecule has 7 heteroatoms. The van der Waals surface area contributed by atoms with Crippen LogP contribution in [0, 0.1) is 0 Å². The minimum atomic E-state index is 0.0310. The molecule has 3 amide bonds. The van der Waals surface area contributed by atoms with E-state index in [1.807, 2.05) is 4.90 Å². The number of hydrogen-bond acceptors (Lipinski definition) is 4. The van der Waals surface area contributed by atoms with Crippen LogP contribution in [0.2, 0.25) is 0 Å². The van der Waals surface area contributed by atoms with Crippen LogP contribution in [0.1, 0.15) is 12.8 Å². The number of nitrogens with zero attached hydrogens (tertiary/aromatic N) is 3. The smallest absolute Gasteiger partial charge is 0.320 e. The summed E-state index contributed by atoms with van der Waals surface area (Å²) in [7, 11) is 0. The van der Waals surface area contributed by atoms with Crippen molar-refractivity contribution in [3.05, 3.63) is 0 Å². The lowest BCUT2D eigenvalue weighted by Crippen LogP contribution is -2.48. The highest BCUT2D eigenvalue weighted by atomic mass is 16.5. The van der Waals surface area contributed by atoms with Gasteiger partial charge >= 0.3 is 6.03 Å². The van der Waals surface area contributed by atoms with Gasteiger partial charge in [0.1, 0.15) is 6.54 Å². The molecule has 0 spiro atoms. The minimum absolute atomic E-state index is 0.0310. The van der Waals surface area contributed by atoms with Gasteiger partial charge < -0.3 is 24.8 Å². The number of amides is 3. The number of ether oxygens (including phenoxy) is 1. The first-order chi connectivity index (χ1) is 10.3. The van der Waals surface area contributed by atoms with Gasteiger partial charge in [0.15, 0.2) is 0 Å². The molecule has 0 aromatic heterocycles. The molecule has 0 bridgehead atoms. The predicted octanol–water partition coefficient (Wildman–Crippen LogP) is -0.665. The van der Waals surface area contributed by atoms with Crippen molar-refractivity contribution in [1.82, 2.24) is 20.0 Å². The highest BCUT2D eigenvalue weighted by molar-refractivity contribution is 5.85. The van der Waals surface area contributed by atoms with E-state index in [1.54, 1.807) is 9.80 Å². The lowest BCUT2D eigenvalue weighted by molar-refractivity contribution is -0.135. The van der Waals surface area contributed by atoms with E-state index in [4.69, 9.17) is 4.74 Å². The minimum Gasteiger partial charge on any atom is -0.378 e. The normalized spacial score (nSPS) is 24.8. The molecule has 3 aliphatic rings. The second kappa shape index (κ2) is 6.62. The predicted molar refractivity (Wildman–Crippen MR) is 77.0 cm³/mol. The Balaban J connectivity index is 1.52. The van der Waals surface area contributed by atoms with Crippen LogP contribution in [-0.2, 0) is 9.53 Å². The molecule has 3 fully saturated rings. The molecule has 3 aliphatic heterocycles. The van der Waals surface area contributed by atoms with Crippen LogP contribution in [0.5, 0.6) is 0 Å². The molecular formula is C14H24N4O3.